The molecule has 212 valence electrons. The number of aromatic nitrogens is 2. The quantitative estimate of drug-likeness (QED) is 0.238. The van der Waals surface area contributed by atoms with Crippen molar-refractivity contribution in [3.05, 3.63) is 63.5 Å². The molecule has 2 aromatic heterocycles. The second-order valence-corrected chi connectivity index (χ2v) is 14.0. The molecule has 1 spiro atoms. The third-order valence-electron chi connectivity index (χ3n) is 9.78. The summed E-state index contributed by atoms with van der Waals surface area (Å²) in [6, 6.07) is 12.8. The molecule has 7 nitrogen and oxygen atoms in total. The number of piperidine rings is 1. The molecule has 2 aromatic carbocycles. The van der Waals surface area contributed by atoms with Crippen molar-refractivity contribution in [3.8, 4) is 11.3 Å². The van der Waals surface area contributed by atoms with Crippen LogP contribution in [0.1, 0.15) is 72.7 Å². The maximum Gasteiger partial charge on any atom is 0.356 e. The van der Waals surface area contributed by atoms with E-state index in [2.05, 4.69) is 31.5 Å². The van der Waals surface area contributed by atoms with Gasteiger partial charge in [0.15, 0.2) is 5.69 Å². The van der Waals surface area contributed by atoms with Gasteiger partial charge in [0.2, 0.25) is 0 Å². The number of aromatic carboxylic acids is 1. The van der Waals surface area contributed by atoms with Crippen LogP contribution in [0, 0.1) is 5.41 Å². The third-order valence-corrected chi connectivity index (χ3v) is 11.2. The molecule has 3 saturated heterocycles. The number of nitrogens with zero attached hydrogens (tertiary/aromatic N) is 4. The minimum absolute atomic E-state index is 0.154. The van der Waals surface area contributed by atoms with Gasteiger partial charge in [0.25, 0.3) is 0 Å². The Balaban J connectivity index is 1.03. The van der Waals surface area contributed by atoms with Crippen molar-refractivity contribution in [1.29, 1.82) is 0 Å². The normalized spacial score (nSPS) is 26.0. The maximum absolute atomic E-state index is 11.5. The number of carboxylic acid groups (broad SMARTS) is 1. The Bertz CT molecular complexity index is 1650. The number of hydrogen-bond acceptors (Lipinski definition) is 7. The van der Waals surface area contributed by atoms with Crippen molar-refractivity contribution in [2.24, 2.45) is 5.41 Å². The van der Waals surface area contributed by atoms with Crippen LogP contribution in [0.4, 0.5) is 5.69 Å². The van der Waals surface area contributed by atoms with Crippen molar-refractivity contribution < 1.29 is 14.4 Å². The average molecular weight is 610 g/mol. The number of halogens is 2. The fraction of sp³-hybridized carbons (Fsp3) is 0.452. The van der Waals surface area contributed by atoms with Gasteiger partial charge in [0.05, 0.1) is 14.7 Å². The van der Waals surface area contributed by atoms with E-state index < -0.39 is 5.97 Å². The summed E-state index contributed by atoms with van der Waals surface area (Å²) in [4.78, 5) is 16.7. The van der Waals surface area contributed by atoms with Gasteiger partial charge in [-0.1, -0.05) is 34.4 Å². The maximum atomic E-state index is 11.5. The molecular formula is C31H30Cl2N4O3S. The van der Waals surface area contributed by atoms with E-state index in [0.717, 1.165) is 65.1 Å². The van der Waals surface area contributed by atoms with Crippen LogP contribution < -0.4 is 4.90 Å². The van der Waals surface area contributed by atoms with Gasteiger partial charge < -0.3 is 14.5 Å². The summed E-state index contributed by atoms with van der Waals surface area (Å²) in [7, 11) is 0. The van der Waals surface area contributed by atoms with Crippen LogP contribution in [0.25, 0.3) is 21.3 Å². The van der Waals surface area contributed by atoms with E-state index >= 15 is 0 Å². The molecule has 41 heavy (non-hydrogen) atoms. The van der Waals surface area contributed by atoms with Gasteiger partial charge in [-0.25, -0.2) is 4.79 Å². The zero-order chi connectivity index (χ0) is 27.9. The van der Waals surface area contributed by atoms with Crippen LogP contribution in [-0.2, 0) is 6.54 Å². The molecule has 2 unspecified atom stereocenters. The Hall–Kier alpha value is -2.65. The summed E-state index contributed by atoms with van der Waals surface area (Å²) in [5, 5.41) is 15.9. The van der Waals surface area contributed by atoms with Crippen LogP contribution in [0.15, 0.2) is 40.9 Å². The monoisotopic (exact) mass is 608 g/mol. The zero-order valence-corrected chi connectivity index (χ0v) is 24.8. The molecule has 8 rings (SSSR count). The summed E-state index contributed by atoms with van der Waals surface area (Å²) < 4.78 is 11.1. The first-order valence-corrected chi connectivity index (χ1v) is 16.0. The molecule has 4 aliphatic rings. The van der Waals surface area contributed by atoms with Gasteiger partial charge in [-0.05, 0) is 98.8 Å². The third kappa shape index (κ3) is 4.37. The molecule has 2 atom stereocenters. The van der Waals surface area contributed by atoms with Crippen LogP contribution in [-0.4, -0.2) is 50.7 Å². The minimum atomic E-state index is -0.965. The molecule has 1 aliphatic carbocycles. The number of anilines is 1. The lowest BCUT2D eigenvalue weighted by Gasteiger charge is -2.46. The Kier molecular flexibility index (Phi) is 6.15. The van der Waals surface area contributed by atoms with E-state index in [4.69, 9.17) is 27.7 Å². The lowest BCUT2D eigenvalue weighted by Crippen LogP contribution is -2.48. The molecule has 4 fully saturated rings. The summed E-state index contributed by atoms with van der Waals surface area (Å²) in [5.41, 5.74) is 4.39. The Morgan fingerprint density at radius 3 is 2.56 bits per heavy atom. The van der Waals surface area contributed by atoms with E-state index in [1.165, 1.54) is 49.3 Å². The van der Waals surface area contributed by atoms with Gasteiger partial charge in [0, 0.05) is 53.3 Å². The molecule has 3 aliphatic heterocycles. The van der Waals surface area contributed by atoms with Gasteiger partial charge in [-0.3, -0.25) is 4.90 Å². The van der Waals surface area contributed by atoms with Crippen LogP contribution in [0.2, 0.25) is 10.0 Å². The second-order valence-electron chi connectivity index (χ2n) is 12.4. The van der Waals surface area contributed by atoms with Crippen molar-refractivity contribution in [2.45, 2.75) is 69.5 Å². The molecular weight excluding hydrogens is 579 g/mol. The SMILES string of the molecule is O=C(O)c1nsc2cc(N3C4CCC3CC3(CCN(Cc5c(-c6c(Cl)cccc6Cl)noc5C5CC5)C3)C4)ccc12. The molecule has 5 heterocycles. The first kappa shape index (κ1) is 26.0. The van der Waals surface area contributed by atoms with E-state index in [-0.39, 0.29) is 5.69 Å². The summed E-state index contributed by atoms with van der Waals surface area (Å²) in [5.74, 6) is 0.495. The number of rotatable bonds is 6. The van der Waals surface area contributed by atoms with Crippen molar-refractivity contribution in [3.63, 3.8) is 0 Å². The highest BCUT2D eigenvalue weighted by molar-refractivity contribution is 7.13. The molecule has 2 bridgehead atoms. The highest BCUT2D eigenvalue weighted by Gasteiger charge is 2.51. The summed E-state index contributed by atoms with van der Waals surface area (Å²) in [6.45, 7) is 2.95. The molecule has 1 N–H and O–H groups in total. The number of benzene rings is 2. The second kappa shape index (κ2) is 9.69. The Labute approximate surface area is 252 Å². The highest BCUT2D eigenvalue weighted by atomic mass is 35.5. The lowest BCUT2D eigenvalue weighted by molar-refractivity contribution is 0.0694. The number of likely N-dealkylation sites (tertiary alicyclic amines) is 1. The van der Waals surface area contributed by atoms with Gasteiger partial charge in [0.1, 0.15) is 11.5 Å². The smallest absolute Gasteiger partial charge is 0.356 e. The van der Waals surface area contributed by atoms with Crippen LogP contribution in [0.5, 0.6) is 0 Å². The van der Waals surface area contributed by atoms with E-state index in [1.807, 2.05) is 24.3 Å². The lowest BCUT2D eigenvalue weighted by atomic mass is 9.74. The van der Waals surface area contributed by atoms with Gasteiger partial charge >= 0.3 is 5.97 Å². The van der Waals surface area contributed by atoms with Crippen molar-refractivity contribution >= 4 is 56.5 Å². The van der Waals surface area contributed by atoms with E-state index in [0.29, 0.717) is 33.5 Å². The molecule has 0 radical (unpaired) electrons. The largest absolute Gasteiger partial charge is 0.476 e. The van der Waals surface area contributed by atoms with Gasteiger partial charge in [-0.15, -0.1) is 0 Å². The van der Waals surface area contributed by atoms with Crippen LogP contribution >= 0.6 is 34.7 Å². The molecule has 1 saturated carbocycles. The average Bonchev–Trinajstić information content (AvgIpc) is 3.25. The summed E-state index contributed by atoms with van der Waals surface area (Å²) in [6.07, 6.45) is 8.28. The number of carboxylic acids is 1. The van der Waals surface area contributed by atoms with Crippen molar-refractivity contribution in [1.82, 2.24) is 14.4 Å². The van der Waals surface area contributed by atoms with E-state index in [1.54, 1.807) is 0 Å². The van der Waals surface area contributed by atoms with Crippen molar-refractivity contribution in [2.75, 3.05) is 18.0 Å². The molecule has 4 aromatic rings. The first-order valence-electron chi connectivity index (χ1n) is 14.5. The fourth-order valence-corrected chi connectivity index (χ4v) is 9.27. The first-order chi connectivity index (χ1) is 19.9. The van der Waals surface area contributed by atoms with E-state index in [9.17, 15) is 9.90 Å². The molecule has 0 amide bonds. The number of carbonyl (C=O) groups is 1. The topological polar surface area (TPSA) is 82.7 Å². The number of fused-ring (bicyclic) bond motifs is 3. The number of hydrogen-bond donors (Lipinski definition) is 1. The standard InChI is InChI=1S/C31H30Cl2N4O3S/c32-23-2-1-3-24(33)26(23)27-22(29(40-34-27)17-4-5-17)15-36-11-10-31(16-36)13-19-6-7-20(14-31)37(19)18-8-9-21-25(12-18)41-35-28(21)30(38)39/h1-3,8-9,12,17,19-20H,4-7,10-11,13-16H2,(H,38,39). The predicted octanol–water partition coefficient (Wildman–Crippen LogP) is 7.86. The zero-order valence-electron chi connectivity index (χ0n) is 22.5. The summed E-state index contributed by atoms with van der Waals surface area (Å²) >= 11 is 14.5. The van der Waals surface area contributed by atoms with Gasteiger partial charge in [-0.2, -0.15) is 4.37 Å². The minimum Gasteiger partial charge on any atom is -0.476 e. The predicted molar refractivity (Wildman–Crippen MR) is 161 cm³/mol. The highest BCUT2D eigenvalue weighted by Crippen LogP contribution is 2.53. The van der Waals surface area contributed by atoms with Crippen LogP contribution in [0.3, 0.4) is 0 Å². The molecule has 10 heteroatoms. The Morgan fingerprint density at radius 1 is 1.10 bits per heavy atom. The Morgan fingerprint density at radius 2 is 1.85 bits per heavy atom. The fourth-order valence-electron chi connectivity index (χ4n) is 7.89.